The van der Waals surface area contributed by atoms with E-state index in [0.717, 1.165) is 24.0 Å². The molecule has 0 unspecified atom stereocenters. The molecule has 0 saturated carbocycles. The van der Waals surface area contributed by atoms with Crippen molar-refractivity contribution >= 4 is 15.9 Å². The fourth-order valence-corrected chi connectivity index (χ4v) is 3.78. The third-order valence-corrected chi connectivity index (χ3v) is 5.08. The van der Waals surface area contributed by atoms with E-state index in [1.54, 1.807) is 12.1 Å². The molecule has 0 N–H and O–H groups in total. The van der Waals surface area contributed by atoms with Gasteiger partial charge in [-0.15, -0.1) is 0 Å². The van der Waals surface area contributed by atoms with Gasteiger partial charge in [0.05, 0.1) is 11.3 Å². The molecule has 0 aliphatic heterocycles. The van der Waals surface area contributed by atoms with Gasteiger partial charge in [0.1, 0.15) is 0 Å². The van der Waals surface area contributed by atoms with Gasteiger partial charge in [0, 0.05) is 6.42 Å². The van der Waals surface area contributed by atoms with Gasteiger partial charge in [0.25, 0.3) is 0 Å². The summed E-state index contributed by atoms with van der Waals surface area (Å²) in [5.74, 6) is 0.00914. The van der Waals surface area contributed by atoms with E-state index in [4.69, 9.17) is 4.18 Å². The molecule has 4 nitrogen and oxygen atoms in total. The molecule has 0 amide bonds. The number of ketones is 1. The maximum absolute atomic E-state index is 12.2. The topological polar surface area (TPSA) is 60.4 Å². The number of rotatable bonds is 5. The maximum atomic E-state index is 12.2. The number of benzene rings is 2. The Kier molecular flexibility index (Phi) is 4.48. The van der Waals surface area contributed by atoms with Crippen molar-refractivity contribution in [2.24, 2.45) is 0 Å². The fraction of sp³-hybridized carbons (Fsp3) is 0.278. The van der Waals surface area contributed by atoms with Crippen molar-refractivity contribution in [3.8, 4) is 5.75 Å². The van der Waals surface area contributed by atoms with Crippen molar-refractivity contribution in [1.29, 1.82) is 0 Å². The zero-order valence-corrected chi connectivity index (χ0v) is 13.5. The van der Waals surface area contributed by atoms with Crippen molar-refractivity contribution in [3.05, 3.63) is 65.2 Å². The van der Waals surface area contributed by atoms with Crippen LogP contribution in [0.4, 0.5) is 0 Å². The molecule has 0 saturated heterocycles. The van der Waals surface area contributed by atoms with Crippen LogP contribution in [0.1, 0.15) is 34.3 Å². The quantitative estimate of drug-likeness (QED) is 0.790. The summed E-state index contributed by atoms with van der Waals surface area (Å²) in [6.45, 7) is 0. The third kappa shape index (κ3) is 3.79. The minimum Gasteiger partial charge on any atom is -0.382 e. The summed E-state index contributed by atoms with van der Waals surface area (Å²) in [5.41, 5.74) is 2.24. The molecule has 0 atom stereocenters. The number of Topliss-reactive ketones (excluding diaryl/α,β-unsaturated/α-hetero) is 1. The number of carbonyl (C=O) groups excluding carboxylic acids is 1. The third-order valence-electron chi connectivity index (χ3n) is 3.94. The predicted molar refractivity (Wildman–Crippen MR) is 88.3 cm³/mol. The van der Waals surface area contributed by atoms with Crippen molar-refractivity contribution in [1.82, 2.24) is 0 Å². The van der Waals surface area contributed by atoms with E-state index < -0.39 is 10.1 Å². The van der Waals surface area contributed by atoms with Gasteiger partial charge in [0.2, 0.25) is 0 Å². The summed E-state index contributed by atoms with van der Waals surface area (Å²) in [4.78, 5) is 12.1. The van der Waals surface area contributed by atoms with Gasteiger partial charge in [-0.25, -0.2) is 0 Å². The zero-order chi connectivity index (χ0) is 16.3. The summed E-state index contributed by atoms with van der Waals surface area (Å²) in [6, 6.07) is 14.5. The summed E-state index contributed by atoms with van der Waals surface area (Å²) < 4.78 is 29.7. The Balaban J connectivity index is 1.77. The van der Waals surface area contributed by atoms with Crippen molar-refractivity contribution in [2.75, 3.05) is 5.75 Å². The lowest BCUT2D eigenvalue weighted by Gasteiger charge is -2.18. The van der Waals surface area contributed by atoms with Crippen LogP contribution in [0.3, 0.4) is 0 Å². The Labute approximate surface area is 136 Å². The molecule has 1 aliphatic rings. The molecule has 3 rings (SSSR count). The molecule has 0 radical (unpaired) electrons. The molecule has 0 spiro atoms. The molecule has 0 aromatic heterocycles. The van der Waals surface area contributed by atoms with E-state index in [1.807, 2.05) is 36.4 Å². The van der Waals surface area contributed by atoms with Gasteiger partial charge in [-0.1, -0.05) is 42.5 Å². The van der Waals surface area contributed by atoms with Crippen molar-refractivity contribution in [2.45, 2.75) is 25.7 Å². The summed E-state index contributed by atoms with van der Waals surface area (Å²) in [6.07, 6.45) is 2.40. The molecule has 0 fully saturated rings. The highest BCUT2D eigenvalue weighted by Crippen LogP contribution is 2.30. The van der Waals surface area contributed by atoms with Gasteiger partial charge in [-0.3, -0.25) is 4.79 Å². The standard InChI is InChI=1S/C18H18O4S/c19-16-10-4-8-15-9-5-11-17(18(15)16)22-23(20,21)13-12-14-6-2-1-3-7-14/h1-3,5-7,9,11H,4,8,10,12-13H2. The van der Waals surface area contributed by atoms with Crippen LogP contribution in [0.2, 0.25) is 0 Å². The molecule has 5 heteroatoms. The monoisotopic (exact) mass is 330 g/mol. The van der Waals surface area contributed by atoms with Gasteiger partial charge < -0.3 is 4.18 Å². The summed E-state index contributed by atoms with van der Waals surface area (Å²) in [5, 5.41) is 0. The zero-order valence-electron chi connectivity index (χ0n) is 12.7. The van der Waals surface area contributed by atoms with Crippen molar-refractivity contribution < 1.29 is 17.4 Å². The van der Waals surface area contributed by atoms with E-state index in [2.05, 4.69) is 0 Å². The minimum absolute atomic E-state index is 0.0416. The highest BCUT2D eigenvalue weighted by Gasteiger charge is 2.24. The average Bonchev–Trinajstić information content (AvgIpc) is 2.54. The second-order valence-corrected chi connectivity index (χ2v) is 7.34. The predicted octanol–water partition coefficient (Wildman–Crippen LogP) is 3.16. The number of aryl methyl sites for hydroxylation is 2. The molecule has 2 aromatic carbocycles. The van der Waals surface area contributed by atoms with E-state index in [9.17, 15) is 13.2 Å². The van der Waals surface area contributed by atoms with Gasteiger partial charge in [-0.05, 0) is 36.5 Å². The molecule has 2 aromatic rings. The van der Waals surface area contributed by atoms with E-state index in [-0.39, 0.29) is 17.3 Å². The number of hydrogen-bond donors (Lipinski definition) is 0. The number of carbonyl (C=O) groups is 1. The van der Waals surface area contributed by atoms with Gasteiger partial charge in [0.15, 0.2) is 11.5 Å². The minimum atomic E-state index is -3.74. The van der Waals surface area contributed by atoms with Crippen LogP contribution in [0, 0.1) is 0 Å². The average molecular weight is 330 g/mol. The fourth-order valence-electron chi connectivity index (χ4n) is 2.80. The van der Waals surface area contributed by atoms with E-state index in [1.165, 1.54) is 0 Å². The van der Waals surface area contributed by atoms with Crippen LogP contribution in [-0.2, 0) is 23.0 Å². The lowest BCUT2D eigenvalue weighted by Crippen LogP contribution is -2.19. The Hall–Kier alpha value is -2.14. The molecule has 1 aliphatic carbocycles. The second-order valence-electron chi connectivity index (χ2n) is 5.65. The van der Waals surface area contributed by atoms with Crippen LogP contribution in [0.25, 0.3) is 0 Å². The number of hydrogen-bond acceptors (Lipinski definition) is 4. The van der Waals surface area contributed by atoms with Gasteiger partial charge >= 0.3 is 10.1 Å². The van der Waals surface area contributed by atoms with E-state index in [0.29, 0.717) is 18.4 Å². The maximum Gasteiger partial charge on any atom is 0.309 e. The van der Waals surface area contributed by atoms with E-state index >= 15 is 0 Å². The lowest BCUT2D eigenvalue weighted by atomic mass is 9.90. The lowest BCUT2D eigenvalue weighted by molar-refractivity contribution is 0.0971. The molecular weight excluding hydrogens is 312 g/mol. The Morgan fingerprint density at radius 3 is 2.52 bits per heavy atom. The first kappa shape index (κ1) is 15.7. The highest BCUT2D eigenvalue weighted by molar-refractivity contribution is 7.87. The van der Waals surface area contributed by atoms with Crippen LogP contribution in [0.15, 0.2) is 48.5 Å². The SMILES string of the molecule is O=C1CCCc2cccc(OS(=O)(=O)CCc3ccccc3)c21. The Morgan fingerprint density at radius 2 is 1.74 bits per heavy atom. The first-order valence-corrected chi connectivity index (χ1v) is 9.24. The Bertz CT molecular complexity index is 810. The number of fused-ring (bicyclic) bond motifs is 1. The largest absolute Gasteiger partial charge is 0.382 e. The molecule has 0 bridgehead atoms. The van der Waals surface area contributed by atoms with Crippen LogP contribution < -0.4 is 4.18 Å². The van der Waals surface area contributed by atoms with Crippen LogP contribution in [-0.4, -0.2) is 20.0 Å². The Morgan fingerprint density at radius 1 is 0.957 bits per heavy atom. The van der Waals surface area contributed by atoms with Crippen molar-refractivity contribution in [3.63, 3.8) is 0 Å². The molecule has 23 heavy (non-hydrogen) atoms. The van der Waals surface area contributed by atoms with Crippen LogP contribution >= 0.6 is 0 Å². The summed E-state index contributed by atoms with van der Waals surface area (Å²) in [7, 11) is -3.74. The first-order valence-electron chi connectivity index (χ1n) is 7.66. The molecule has 0 heterocycles. The van der Waals surface area contributed by atoms with Crippen LogP contribution in [0.5, 0.6) is 5.75 Å². The normalized spacial score (nSPS) is 14.3. The van der Waals surface area contributed by atoms with Gasteiger partial charge in [-0.2, -0.15) is 8.42 Å². The molecular formula is C18H18O4S. The highest BCUT2D eigenvalue weighted by atomic mass is 32.2. The summed E-state index contributed by atoms with van der Waals surface area (Å²) >= 11 is 0. The first-order chi connectivity index (χ1) is 11.1. The smallest absolute Gasteiger partial charge is 0.309 e. The molecule has 120 valence electrons. The second kappa shape index (κ2) is 6.54.